The second kappa shape index (κ2) is 11.4. The van der Waals surface area contributed by atoms with Gasteiger partial charge in [-0.3, -0.25) is 9.59 Å². The first-order valence-corrected chi connectivity index (χ1v) is 9.22. The Bertz CT molecular complexity index is 590. The van der Waals surface area contributed by atoms with Crippen LogP contribution in [0.25, 0.3) is 0 Å². The number of alkyl halides is 2. The Hall–Kier alpha value is -1.38. The van der Waals surface area contributed by atoms with Crippen LogP contribution in [0.1, 0.15) is 36.0 Å². The van der Waals surface area contributed by atoms with Crippen LogP contribution in [0, 0.1) is 0 Å². The number of piperidine rings is 1. The van der Waals surface area contributed by atoms with Gasteiger partial charge in [0.05, 0.1) is 0 Å². The standard InChI is InChI=1S/C17H23F2N3O2S.ClH/c18-17(19)25-14-6-4-12(5-7-14)16(24)22-10-2-1-3-13(22)11-21-15(23)8-9-20;/h4-7,13,17H,1-3,8-11,20H2,(H,21,23);1H. The molecule has 0 saturated carbocycles. The number of carbonyl (C=O) groups is 2. The molecule has 3 N–H and O–H groups in total. The molecule has 0 aliphatic carbocycles. The molecule has 0 aromatic heterocycles. The molecule has 1 fully saturated rings. The van der Waals surface area contributed by atoms with Crippen molar-refractivity contribution in [3.63, 3.8) is 0 Å². The number of rotatable bonds is 7. The van der Waals surface area contributed by atoms with Crippen LogP contribution in [-0.4, -0.2) is 48.1 Å². The zero-order valence-corrected chi connectivity index (χ0v) is 16.0. The van der Waals surface area contributed by atoms with Crippen LogP contribution < -0.4 is 11.1 Å². The molecular weight excluding hydrogens is 384 g/mol. The molecule has 9 heteroatoms. The number of halogens is 3. The molecule has 1 atom stereocenters. The third-order valence-electron chi connectivity index (χ3n) is 4.12. The smallest absolute Gasteiger partial charge is 0.288 e. The van der Waals surface area contributed by atoms with Crippen LogP contribution in [0.4, 0.5) is 8.78 Å². The first-order valence-electron chi connectivity index (χ1n) is 8.34. The summed E-state index contributed by atoms with van der Waals surface area (Å²) in [6, 6.07) is 6.16. The summed E-state index contributed by atoms with van der Waals surface area (Å²) < 4.78 is 24.7. The SMILES string of the molecule is Cl.NCCC(=O)NCC1CCCCN1C(=O)c1ccc(SC(F)F)cc1. The molecule has 0 spiro atoms. The minimum atomic E-state index is -2.48. The van der Waals surface area contributed by atoms with Crippen LogP contribution in [0.3, 0.4) is 0 Å². The summed E-state index contributed by atoms with van der Waals surface area (Å²) in [6.07, 6.45) is 3.02. The lowest BCUT2D eigenvalue weighted by atomic mass is 10.0. The number of nitrogens with one attached hydrogen (secondary N) is 1. The second-order valence-electron chi connectivity index (χ2n) is 5.89. The van der Waals surface area contributed by atoms with Crippen LogP contribution in [0.15, 0.2) is 29.2 Å². The number of nitrogens with zero attached hydrogens (tertiary/aromatic N) is 1. The topological polar surface area (TPSA) is 75.4 Å². The van der Waals surface area contributed by atoms with Crippen molar-refractivity contribution in [3.8, 4) is 0 Å². The molecule has 1 aromatic rings. The van der Waals surface area contributed by atoms with Crippen molar-refractivity contribution < 1.29 is 18.4 Å². The summed E-state index contributed by atoms with van der Waals surface area (Å²) in [6.45, 7) is 1.33. The lowest BCUT2D eigenvalue weighted by molar-refractivity contribution is -0.121. The number of carbonyl (C=O) groups excluding carboxylic acids is 2. The van der Waals surface area contributed by atoms with Crippen molar-refractivity contribution in [2.45, 2.75) is 42.4 Å². The third-order valence-corrected chi connectivity index (χ3v) is 4.84. The Morgan fingerprint density at radius 1 is 1.27 bits per heavy atom. The average molecular weight is 408 g/mol. The van der Waals surface area contributed by atoms with E-state index >= 15 is 0 Å². The molecule has 1 aliphatic heterocycles. The molecule has 146 valence electrons. The van der Waals surface area contributed by atoms with E-state index < -0.39 is 5.76 Å². The molecule has 1 saturated heterocycles. The molecule has 1 heterocycles. The summed E-state index contributed by atoms with van der Waals surface area (Å²) in [7, 11) is 0. The second-order valence-corrected chi connectivity index (χ2v) is 6.96. The highest BCUT2D eigenvalue weighted by atomic mass is 35.5. The van der Waals surface area contributed by atoms with E-state index in [1.807, 2.05) is 0 Å². The van der Waals surface area contributed by atoms with Gasteiger partial charge in [0.2, 0.25) is 5.91 Å². The first kappa shape index (κ1) is 22.7. The number of likely N-dealkylation sites (tertiary alicyclic amines) is 1. The van der Waals surface area contributed by atoms with E-state index in [1.54, 1.807) is 17.0 Å². The van der Waals surface area contributed by atoms with E-state index in [4.69, 9.17) is 5.73 Å². The van der Waals surface area contributed by atoms with E-state index in [2.05, 4.69) is 5.32 Å². The van der Waals surface area contributed by atoms with Crippen LogP contribution in [0.5, 0.6) is 0 Å². The Balaban J connectivity index is 0.00000338. The maximum atomic E-state index is 12.8. The number of hydrogen-bond acceptors (Lipinski definition) is 4. The van der Waals surface area contributed by atoms with E-state index in [0.29, 0.717) is 41.9 Å². The van der Waals surface area contributed by atoms with E-state index in [0.717, 1.165) is 19.3 Å². The van der Waals surface area contributed by atoms with Gasteiger partial charge in [0.25, 0.3) is 11.7 Å². The fraction of sp³-hybridized carbons (Fsp3) is 0.529. The van der Waals surface area contributed by atoms with Gasteiger partial charge in [0, 0.05) is 42.6 Å². The largest absolute Gasteiger partial charge is 0.354 e. The van der Waals surface area contributed by atoms with E-state index in [9.17, 15) is 18.4 Å². The van der Waals surface area contributed by atoms with Crippen molar-refractivity contribution >= 4 is 36.0 Å². The van der Waals surface area contributed by atoms with Crippen LogP contribution >= 0.6 is 24.2 Å². The third kappa shape index (κ3) is 6.74. The summed E-state index contributed by atoms with van der Waals surface area (Å²) >= 11 is 0.455. The fourth-order valence-corrected chi connectivity index (χ4v) is 3.38. The normalized spacial score (nSPS) is 16.9. The van der Waals surface area contributed by atoms with E-state index in [-0.39, 0.29) is 36.7 Å². The van der Waals surface area contributed by atoms with Gasteiger partial charge >= 0.3 is 0 Å². The van der Waals surface area contributed by atoms with Crippen molar-refractivity contribution in [2.75, 3.05) is 19.6 Å². The molecule has 0 bridgehead atoms. The number of thioether (sulfide) groups is 1. The maximum Gasteiger partial charge on any atom is 0.288 e. The zero-order valence-electron chi connectivity index (χ0n) is 14.3. The van der Waals surface area contributed by atoms with Crippen LogP contribution in [0.2, 0.25) is 0 Å². The summed E-state index contributed by atoms with van der Waals surface area (Å²) in [5, 5.41) is 2.82. The predicted octanol–water partition coefficient (Wildman–Crippen LogP) is 2.88. The molecular formula is C17H24ClF2N3O2S. The minimum Gasteiger partial charge on any atom is -0.354 e. The van der Waals surface area contributed by atoms with Gasteiger partial charge in [0.1, 0.15) is 0 Å². The Morgan fingerprint density at radius 2 is 1.96 bits per heavy atom. The summed E-state index contributed by atoms with van der Waals surface area (Å²) in [4.78, 5) is 26.5. The molecule has 0 radical (unpaired) electrons. The van der Waals surface area contributed by atoms with E-state index in [1.165, 1.54) is 12.1 Å². The number of hydrogen-bond donors (Lipinski definition) is 2. The lowest BCUT2D eigenvalue weighted by Gasteiger charge is -2.36. The first-order chi connectivity index (χ1) is 12.0. The highest BCUT2D eigenvalue weighted by molar-refractivity contribution is 7.99. The minimum absolute atomic E-state index is 0. The monoisotopic (exact) mass is 407 g/mol. The maximum absolute atomic E-state index is 12.8. The van der Waals surface area contributed by atoms with Gasteiger partial charge in [0.15, 0.2) is 0 Å². The van der Waals surface area contributed by atoms with Gasteiger partial charge in [-0.2, -0.15) is 8.78 Å². The van der Waals surface area contributed by atoms with Gasteiger partial charge < -0.3 is 16.0 Å². The molecule has 5 nitrogen and oxygen atoms in total. The quantitative estimate of drug-likeness (QED) is 0.681. The molecule has 1 aliphatic rings. The van der Waals surface area contributed by atoms with Crippen molar-refractivity contribution in [2.24, 2.45) is 5.73 Å². The zero-order chi connectivity index (χ0) is 18.2. The molecule has 2 amide bonds. The number of nitrogens with two attached hydrogens (primary N) is 1. The lowest BCUT2D eigenvalue weighted by Crippen LogP contribution is -2.49. The summed E-state index contributed by atoms with van der Waals surface area (Å²) in [5.41, 5.74) is 5.83. The van der Waals surface area contributed by atoms with Crippen LogP contribution in [-0.2, 0) is 4.79 Å². The summed E-state index contributed by atoms with van der Waals surface area (Å²) in [5.74, 6) is -2.73. The highest BCUT2D eigenvalue weighted by Crippen LogP contribution is 2.26. The van der Waals surface area contributed by atoms with Gasteiger partial charge in [-0.05, 0) is 43.5 Å². The van der Waals surface area contributed by atoms with Crippen molar-refractivity contribution in [1.29, 1.82) is 0 Å². The van der Waals surface area contributed by atoms with Gasteiger partial charge in [-0.1, -0.05) is 11.8 Å². The Kier molecular flexibility index (Phi) is 9.90. The van der Waals surface area contributed by atoms with Gasteiger partial charge in [-0.15, -0.1) is 12.4 Å². The number of amides is 2. The average Bonchev–Trinajstić information content (AvgIpc) is 2.60. The van der Waals surface area contributed by atoms with Gasteiger partial charge in [-0.25, -0.2) is 0 Å². The van der Waals surface area contributed by atoms with Crippen molar-refractivity contribution in [1.82, 2.24) is 10.2 Å². The fourth-order valence-electron chi connectivity index (χ4n) is 2.88. The Morgan fingerprint density at radius 3 is 2.58 bits per heavy atom. The predicted molar refractivity (Wildman–Crippen MR) is 101 cm³/mol. The molecule has 1 unspecified atom stereocenters. The molecule has 26 heavy (non-hydrogen) atoms. The molecule has 1 aromatic carbocycles. The van der Waals surface area contributed by atoms with Crippen molar-refractivity contribution in [3.05, 3.63) is 29.8 Å². The Labute approximate surface area is 162 Å². The molecule has 2 rings (SSSR count). The highest BCUT2D eigenvalue weighted by Gasteiger charge is 2.27. The number of benzene rings is 1.